The average molecular weight is 497 g/mol. The van der Waals surface area contributed by atoms with Crippen molar-refractivity contribution in [1.82, 2.24) is 19.2 Å². The first-order valence-electron chi connectivity index (χ1n) is 9.86. The molecule has 0 spiro atoms. The Hall–Kier alpha value is -3.03. The molecule has 0 aliphatic rings. The number of hydrogen-bond donors (Lipinski definition) is 2. The van der Waals surface area contributed by atoms with E-state index in [-0.39, 0.29) is 27.3 Å². The molecule has 0 fully saturated rings. The van der Waals surface area contributed by atoms with E-state index in [0.29, 0.717) is 18.7 Å². The van der Waals surface area contributed by atoms with E-state index in [0.717, 1.165) is 34.6 Å². The number of anilines is 1. The lowest BCUT2D eigenvalue weighted by molar-refractivity contribution is -0.113. The third kappa shape index (κ3) is 5.49. The van der Waals surface area contributed by atoms with Crippen LogP contribution in [0.4, 0.5) is 14.5 Å². The number of nitrogens with one attached hydrogen (secondary N) is 1. The molecular weight excluding hydrogens is 474 g/mol. The molecule has 33 heavy (non-hydrogen) atoms. The molecule has 0 saturated heterocycles. The molecule has 2 aromatic carbocycles. The monoisotopic (exact) mass is 496 g/mol. The number of thioether (sulfide) groups is 1. The fourth-order valence-corrected chi connectivity index (χ4v) is 5.15. The van der Waals surface area contributed by atoms with Gasteiger partial charge in [0.05, 0.1) is 16.3 Å². The SMILES string of the molecule is CCN(CC)S(=O)(=O)c1cccc(-c2nnc(SCC(=O)Nc3cc(F)ccc3F)n2N)c1. The maximum atomic E-state index is 13.7. The number of amides is 1. The number of halogens is 2. The summed E-state index contributed by atoms with van der Waals surface area (Å²) < 4.78 is 55.0. The van der Waals surface area contributed by atoms with Crippen molar-refractivity contribution in [2.45, 2.75) is 23.9 Å². The Morgan fingerprint density at radius 2 is 1.88 bits per heavy atom. The average Bonchev–Trinajstić information content (AvgIpc) is 3.16. The van der Waals surface area contributed by atoms with E-state index < -0.39 is 27.6 Å². The van der Waals surface area contributed by atoms with Gasteiger partial charge in [0, 0.05) is 24.7 Å². The first-order chi connectivity index (χ1) is 15.7. The van der Waals surface area contributed by atoms with Crippen LogP contribution in [0.1, 0.15) is 13.8 Å². The van der Waals surface area contributed by atoms with Gasteiger partial charge >= 0.3 is 0 Å². The lowest BCUT2D eigenvalue weighted by atomic mass is 10.2. The molecule has 0 saturated carbocycles. The zero-order valence-electron chi connectivity index (χ0n) is 17.8. The predicted octanol–water partition coefficient (Wildman–Crippen LogP) is 2.70. The van der Waals surface area contributed by atoms with Crippen molar-refractivity contribution in [2.24, 2.45) is 0 Å². The second kappa shape index (κ2) is 10.3. The van der Waals surface area contributed by atoms with Gasteiger partial charge in [-0.05, 0) is 24.3 Å². The number of carbonyl (C=O) groups is 1. The topological polar surface area (TPSA) is 123 Å². The molecule has 3 N–H and O–H groups in total. The number of benzene rings is 2. The third-order valence-electron chi connectivity index (χ3n) is 4.63. The van der Waals surface area contributed by atoms with Crippen molar-refractivity contribution in [1.29, 1.82) is 0 Å². The van der Waals surface area contributed by atoms with Crippen molar-refractivity contribution in [3.63, 3.8) is 0 Å². The number of hydrogen-bond acceptors (Lipinski definition) is 7. The minimum Gasteiger partial charge on any atom is -0.335 e. The van der Waals surface area contributed by atoms with Crippen LogP contribution in [0.3, 0.4) is 0 Å². The second-order valence-corrected chi connectivity index (χ2v) is 9.63. The highest BCUT2D eigenvalue weighted by atomic mass is 32.2. The standard InChI is InChI=1S/C20H22F2N6O3S2/c1-3-27(4-2)33(30,31)15-7-5-6-13(10-15)19-25-26-20(28(19)23)32-12-18(29)24-17-11-14(21)8-9-16(17)22/h5-11H,3-4,12,23H2,1-2H3,(H,24,29). The van der Waals surface area contributed by atoms with Gasteiger partial charge in [-0.1, -0.05) is 37.7 Å². The summed E-state index contributed by atoms with van der Waals surface area (Å²) in [5.41, 5.74) is 0.151. The number of nitrogens with two attached hydrogens (primary N) is 1. The summed E-state index contributed by atoms with van der Waals surface area (Å²) in [4.78, 5) is 12.2. The summed E-state index contributed by atoms with van der Waals surface area (Å²) in [6.07, 6.45) is 0. The molecule has 0 atom stereocenters. The zero-order chi connectivity index (χ0) is 24.2. The number of rotatable bonds is 9. The van der Waals surface area contributed by atoms with E-state index in [2.05, 4.69) is 15.5 Å². The molecule has 0 aliphatic carbocycles. The van der Waals surface area contributed by atoms with Crippen LogP contribution in [0.25, 0.3) is 11.4 Å². The summed E-state index contributed by atoms with van der Waals surface area (Å²) in [6.45, 7) is 4.17. The van der Waals surface area contributed by atoms with E-state index >= 15 is 0 Å². The highest BCUT2D eigenvalue weighted by Crippen LogP contribution is 2.25. The fourth-order valence-electron chi connectivity index (χ4n) is 2.99. The number of nitrogen functional groups attached to an aromatic ring is 1. The normalized spacial score (nSPS) is 11.7. The summed E-state index contributed by atoms with van der Waals surface area (Å²) in [6, 6.07) is 8.89. The molecule has 9 nitrogen and oxygen atoms in total. The lowest BCUT2D eigenvalue weighted by Gasteiger charge is -2.18. The Morgan fingerprint density at radius 3 is 2.58 bits per heavy atom. The van der Waals surface area contributed by atoms with Gasteiger partial charge in [0.1, 0.15) is 11.6 Å². The highest BCUT2D eigenvalue weighted by Gasteiger charge is 2.23. The largest absolute Gasteiger partial charge is 0.335 e. The van der Waals surface area contributed by atoms with Crippen LogP contribution in [-0.4, -0.2) is 52.3 Å². The van der Waals surface area contributed by atoms with Gasteiger partial charge in [-0.3, -0.25) is 4.79 Å². The van der Waals surface area contributed by atoms with Crippen molar-refractivity contribution in [3.8, 4) is 11.4 Å². The van der Waals surface area contributed by atoms with Gasteiger partial charge in [0.2, 0.25) is 21.1 Å². The van der Waals surface area contributed by atoms with Crippen LogP contribution in [-0.2, 0) is 14.8 Å². The molecule has 1 aromatic heterocycles. The molecule has 3 rings (SSSR count). The van der Waals surface area contributed by atoms with E-state index in [9.17, 15) is 22.0 Å². The maximum absolute atomic E-state index is 13.7. The van der Waals surface area contributed by atoms with Gasteiger partial charge < -0.3 is 11.2 Å². The van der Waals surface area contributed by atoms with Crippen LogP contribution < -0.4 is 11.2 Å². The number of aromatic nitrogens is 3. The minimum absolute atomic E-state index is 0.0948. The molecule has 176 valence electrons. The molecule has 0 unspecified atom stereocenters. The Balaban J connectivity index is 1.75. The molecule has 0 radical (unpaired) electrons. The van der Waals surface area contributed by atoms with Crippen molar-refractivity contribution in [2.75, 3.05) is 30.0 Å². The second-order valence-electron chi connectivity index (χ2n) is 6.75. The van der Waals surface area contributed by atoms with Crippen molar-refractivity contribution < 1.29 is 22.0 Å². The van der Waals surface area contributed by atoms with Crippen LogP contribution in [0.5, 0.6) is 0 Å². The summed E-state index contributed by atoms with van der Waals surface area (Å²) in [5, 5.41) is 10.4. The molecule has 0 aliphatic heterocycles. The van der Waals surface area contributed by atoms with Gasteiger partial charge in [-0.2, -0.15) is 4.31 Å². The summed E-state index contributed by atoms with van der Waals surface area (Å²) >= 11 is 0.931. The smallest absolute Gasteiger partial charge is 0.243 e. The molecule has 3 aromatic rings. The van der Waals surface area contributed by atoms with Gasteiger partial charge in [-0.25, -0.2) is 21.9 Å². The highest BCUT2D eigenvalue weighted by molar-refractivity contribution is 7.99. The van der Waals surface area contributed by atoms with Gasteiger partial charge in [0.25, 0.3) is 0 Å². The first-order valence-corrected chi connectivity index (χ1v) is 12.3. The van der Waals surface area contributed by atoms with Crippen molar-refractivity contribution in [3.05, 3.63) is 54.1 Å². The Morgan fingerprint density at radius 1 is 1.15 bits per heavy atom. The van der Waals surface area contributed by atoms with E-state index in [1.165, 1.54) is 16.4 Å². The van der Waals surface area contributed by atoms with E-state index in [1.807, 2.05) is 0 Å². The van der Waals surface area contributed by atoms with Crippen LogP contribution in [0, 0.1) is 11.6 Å². The van der Waals surface area contributed by atoms with Crippen molar-refractivity contribution >= 4 is 33.4 Å². The summed E-state index contributed by atoms with van der Waals surface area (Å²) in [5.74, 6) is 4.02. The van der Waals surface area contributed by atoms with Gasteiger partial charge in [-0.15, -0.1) is 10.2 Å². The fraction of sp³-hybridized carbons (Fsp3) is 0.250. The Labute approximate surface area is 194 Å². The van der Waals surface area contributed by atoms with Crippen LogP contribution in [0.15, 0.2) is 52.5 Å². The van der Waals surface area contributed by atoms with E-state index in [4.69, 9.17) is 5.84 Å². The third-order valence-corrected chi connectivity index (χ3v) is 7.62. The van der Waals surface area contributed by atoms with Crippen LogP contribution in [0.2, 0.25) is 0 Å². The molecule has 1 amide bonds. The Kier molecular flexibility index (Phi) is 7.66. The molecule has 13 heteroatoms. The quantitative estimate of drug-likeness (QED) is 0.345. The number of sulfonamides is 1. The number of nitrogens with zero attached hydrogens (tertiary/aromatic N) is 4. The summed E-state index contributed by atoms with van der Waals surface area (Å²) in [7, 11) is -3.68. The first kappa shape index (κ1) is 24.6. The zero-order valence-corrected chi connectivity index (χ0v) is 19.5. The van der Waals surface area contributed by atoms with E-state index in [1.54, 1.807) is 26.0 Å². The predicted molar refractivity (Wildman–Crippen MR) is 121 cm³/mol. The van der Waals surface area contributed by atoms with Crippen LogP contribution >= 0.6 is 11.8 Å². The Bertz CT molecular complexity index is 1260. The van der Waals surface area contributed by atoms with Gasteiger partial charge in [0.15, 0.2) is 5.82 Å². The molecular formula is C20H22F2N6O3S2. The maximum Gasteiger partial charge on any atom is 0.243 e. The molecule has 1 heterocycles. The minimum atomic E-state index is -3.68. The number of carbonyl (C=O) groups excluding carboxylic acids is 1. The molecule has 0 bridgehead atoms. The lowest BCUT2D eigenvalue weighted by Crippen LogP contribution is -2.30.